The number of Topliss-reactive ketones (excluding diaryl/α,β-unsaturated/α-hetero) is 1. The molecule has 2 aromatic rings. The molecule has 1 aliphatic heterocycles. The van der Waals surface area contributed by atoms with Crippen molar-refractivity contribution in [2.24, 2.45) is 0 Å². The molecule has 0 saturated carbocycles. The molecule has 1 aliphatic rings. The molecule has 3 rings (SSSR count). The third kappa shape index (κ3) is 2.76. The number of hydrogen-bond donors (Lipinski definition) is 0. The maximum Gasteiger partial charge on any atom is 0.265 e. The van der Waals surface area contributed by atoms with Gasteiger partial charge in [-0.3, -0.25) is 14.4 Å². The largest absolute Gasteiger partial charge is 0.293 e. The van der Waals surface area contributed by atoms with Gasteiger partial charge >= 0.3 is 0 Å². The zero-order valence-electron chi connectivity index (χ0n) is 14.2. The van der Waals surface area contributed by atoms with Gasteiger partial charge in [0.2, 0.25) is 5.91 Å². The van der Waals surface area contributed by atoms with Crippen LogP contribution in [-0.4, -0.2) is 23.0 Å². The first kappa shape index (κ1) is 17.4. The number of rotatable bonds is 3. The molecule has 4 nitrogen and oxygen atoms in total. The highest BCUT2D eigenvalue weighted by molar-refractivity contribution is 6.34. The van der Waals surface area contributed by atoms with Gasteiger partial charge in [-0.25, -0.2) is 4.90 Å². The van der Waals surface area contributed by atoms with Gasteiger partial charge in [-0.2, -0.15) is 0 Å². The van der Waals surface area contributed by atoms with E-state index < -0.39 is 10.8 Å². The molecule has 1 heterocycles. The molecule has 0 aromatic heterocycles. The van der Waals surface area contributed by atoms with E-state index in [0.29, 0.717) is 22.4 Å². The minimum absolute atomic E-state index is 0.208. The number of anilines is 1. The first-order chi connectivity index (χ1) is 11.7. The number of hydrogen-bond acceptors (Lipinski definition) is 3. The van der Waals surface area contributed by atoms with Crippen LogP contribution in [0.25, 0.3) is 0 Å². The molecule has 1 unspecified atom stereocenters. The Hall–Kier alpha value is -2.46. The molecule has 0 spiro atoms. The highest BCUT2D eigenvalue weighted by Gasteiger charge is 2.47. The van der Waals surface area contributed by atoms with Crippen molar-refractivity contribution in [3.63, 3.8) is 0 Å². The van der Waals surface area contributed by atoms with E-state index >= 15 is 0 Å². The van der Waals surface area contributed by atoms with Crippen LogP contribution in [0, 0.1) is 0 Å². The first-order valence-corrected chi connectivity index (χ1v) is 8.45. The molecule has 1 atom stereocenters. The van der Waals surface area contributed by atoms with Crippen LogP contribution >= 0.6 is 11.6 Å². The molecule has 0 radical (unpaired) electrons. The predicted octanol–water partition coefficient (Wildman–Crippen LogP) is 3.96. The van der Waals surface area contributed by atoms with Gasteiger partial charge in [-0.15, -0.1) is 11.6 Å². The molecule has 128 valence electrons. The van der Waals surface area contributed by atoms with Crippen LogP contribution in [0.3, 0.4) is 0 Å². The highest BCUT2D eigenvalue weighted by Crippen LogP contribution is 2.42. The zero-order chi connectivity index (χ0) is 18.4. The van der Waals surface area contributed by atoms with Crippen LogP contribution in [-0.2, 0) is 10.2 Å². The Kier molecular flexibility index (Phi) is 4.25. The summed E-state index contributed by atoms with van der Waals surface area (Å²) in [5.74, 6) is -0.886. The molecule has 2 aromatic carbocycles. The number of alkyl halides is 1. The third-order valence-corrected chi connectivity index (χ3v) is 4.72. The van der Waals surface area contributed by atoms with Gasteiger partial charge in [0.25, 0.3) is 5.91 Å². The molecule has 2 amide bonds. The van der Waals surface area contributed by atoms with E-state index in [1.54, 1.807) is 63.2 Å². The number of ketones is 1. The first-order valence-electron chi connectivity index (χ1n) is 8.02. The number of halogens is 1. The van der Waals surface area contributed by atoms with Crippen molar-refractivity contribution in [3.05, 3.63) is 65.2 Å². The minimum atomic E-state index is -0.897. The topological polar surface area (TPSA) is 54.5 Å². The summed E-state index contributed by atoms with van der Waals surface area (Å²) in [7, 11) is 0. The summed E-state index contributed by atoms with van der Waals surface area (Å²) in [6.45, 7) is 5.12. The predicted molar refractivity (Wildman–Crippen MR) is 97.4 cm³/mol. The van der Waals surface area contributed by atoms with E-state index in [1.165, 1.54) is 4.90 Å². The smallest absolute Gasteiger partial charge is 0.265 e. The maximum absolute atomic E-state index is 12.9. The average molecular weight is 356 g/mol. The van der Waals surface area contributed by atoms with Crippen LogP contribution in [0.15, 0.2) is 48.5 Å². The summed E-state index contributed by atoms with van der Waals surface area (Å²) >= 11 is 5.89. The molecule has 25 heavy (non-hydrogen) atoms. The van der Waals surface area contributed by atoms with Gasteiger partial charge in [0.15, 0.2) is 5.78 Å². The Morgan fingerprint density at radius 2 is 1.68 bits per heavy atom. The summed E-state index contributed by atoms with van der Waals surface area (Å²) in [4.78, 5) is 39.1. The molecule has 5 heteroatoms. The van der Waals surface area contributed by atoms with Crippen LogP contribution in [0.5, 0.6) is 0 Å². The van der Waals surface area contributed by atoms with E-state index in [2.05, 4.69) is 0 Å². The van der Waals surface area contributed by atoms with E-state index in [9.17, 15) is 14.4 Å². The Morgan fingerprint density at radius 3 is 2.28 bits per heavy atom. The van der Waals surface area contributed by atoms with Gasteiger partial charge in [0.05, 0.1) is 16.5 Å². The summed E-state index contributed by atoms with van der Waals surface area (Å²) in [6, 6.07) is 13.6. The second-order valence-corrected chi connectivity index (χ2v) is 7.30. The van der Waals surface area contributed by atoms with Gasteiger partial charge in [-0.05, 0) is 56.7 Å². The molecule has 0 fully saturated rings. The Balaban J connectivity index is 2.10. The molecule has 0 N–H and O–H groups in total. The van der Waals surface area contributed by atoms with Crippen LogP contribution in [0.1, 0.15) is 47.1 Å². The normalized spacial score (nSPS) is 16.5. The van der Waals surface area contributed by atoms with E-state index in [0.717, 1.165) is 0 Å². The second kappa shape index (κ2) is 6.12. The number of carbonyl (C=O) groups excluding carboxylic acids is 3. The van der Waals surface area contributed by atoms with E-state index in [-0.39, 0.29) is 17.6 Å². The van der Waals surface area contributed by atoms with Crippen molar-refractivity contribution in [1.29, 1.82) is 0 Å². The number of fused-ring (bicyclic) bond motifs is 1. The lowest BCUT2D eigenvalue weighted by Gasteiger charge is -2.18. The third-order valence-electron chi connectivity index (χ3n) is 4.52. The monoisotopic (exact) mass is 355 g/mol. The van der Waals surface area contributed by atoms with E-state index in [1.807, 2.05) is 6.07 Å². The summed E-state index contributed by atoms with van der Waals surface area (Å²) < 4.78 is 0. The van der Waals surface area contributed by atoms with Gasteiger partial charge < -0.3 is 0 Å². The Bertz CT molecular complexity index is 872. The number of amides is 2. The van der Waals surface area contributed by atoms with Crippen molar-refractivity contribution in [3.8, 4) is 0 Å². The summed E-state index contributed by atoms with van der Waals surface area (Å²) in [5.41, 5.74) is 1.16. The van der Waals surface area contributed by atoms with Crippen molar-refractivity contribution >= 4 is 34.9 Å². The van der Waals surface area contributed by atoms with Crippen molar-refractivity contribution in [2.75, 3.05) is 4.90 Å². The fourth-order valence-electron chi connectivity index (χ4n) is 3.03. The average Bonchev–Trinajstić information content (AvgIpc) is 2.80. The van der Waals surface area contributed by atoms with Gasteiger partial charge in [-0.1, -0.05) is 18.2 Å². The SMILES string of the molecule is CC(Cl)C(=O)c1ccc2c(c1)C(C)(C)C(=O)N2C(=O)c1ccccc1. The molecule has 0 bridgehead atoms. The number of nitrogens with zero attached hydrogens (tertiary/aromatic N) is 1. The number of imide groups is 1. The molecule has 0 saturated heterocycles. The van der Waals surface area contributed by atoms with Crippen molar-refractivity contribution in [1.82, 2.24) is 0 Å². The standard InChI is InChI=1S/C20H18ClNO3/c1-12(21)17(23)14-9-10-16-15(11-14)20(2,3)19(25)22(16)18(24)13-7-5-4-6-8-13/h4-12H,1-3H3. The quantitative estimate of drug-likeness (QED) is 0.475. The fraction of sp³-hybridized carbons (Fsp3) is 0.250. The fourth-order valence-corrected chi connectivity index (χ4v) is 3.16. The second-order valence-electron chi connectivity index (χ2n) is 6.65. The lowest BCUT2D eigenvalue weighted by atomic mass is 9.85. The highest BCUT2D eigenvalue weighted by atomic mass is 35.5. The Labute approximate surface area is 151 Å². The van der Waals surface area contributed by atoms with E-state index in [4.69, 9.17) is 11.6 Å². The summed E-state index contributed by atoms with van der Waals surface area (Å²) in [6.07, 6.45) is 0. The number of benzene rings is 2. The molecular formula is C20H18ClNO3. The summed E-state index contributed by atoms with van der Waals surface area (Å²) in [5, 5.41) is -0.652. The zero-order valence-corrected chi connectivity index (χ0v) is 15.0. The Morgan fingerprint density at radius 1 is 1.04 bits per heavy atom. The van der Waals surface area contributed by atoms with Crippen LogP contribution in [0.4, 0.5) is 5.69 Å². The molecule has 0 aliphatic carbocycles. The maximum atomic E-state index is 12.9. The van der Waals surface area contributed by atoms with Crippen molar-refractivity contribution in [2.45, 2.75) is 31.6 Å². The lowest BCUT2D eigenvalue weighted by Crippen LogP contribution is -2.40. The number of carbonyl (C=O) groups is 3. The van der Waals surface area contributed by atoms with Crippen LogP contribution in [0.2, 0.25) is 0 Å². The minimum Gasteiger partial charge on any atom is -0.293 e. The van der Waals surface area contributed by atoms with Gasteiger partial charge in [0.1, 0.15) is 0 Å². The molecular weight excluding hydrogens is 338 g/mol. The lowest BCUT2D eigenvalue weighted by molar-refractivity contribution is -0.121. The van der Waals surface area contributed by atoms with Crippen LogP contribution < -0.4 is 4.90 Å². The van der Waals surface area contributed by atoms with Crippen molar-refractivity contribution < 1.29 is 14.4 Å². The van der Waals surface area contributed by atoms with Gasteiger partial charge in [0, 0.05) is 11.1 Å².